The number of ether oxygens (including phenoxy) is 3. The number of nitrogens with one attached hydrogen (secondary N) is 1. The van der Waals surface area contributed by atoms with Crippen LogP contribution in [0.3, 0.4) is 0 Å². The molecule has 0 atom stereocenters. The molecule has 13 heteroatoms. The summed E-state index contributed by atoms with van der Waals surface area (Å²) in [5, 5.41) is 11.6. The van der Waals surface area contributed by atoms with Gasteiger partial charge in [-0.2, -0.15) is 19.8 Å². The number of halogens is 1. The molecular weight excluding hydrogens is 624 g/mol. The van der Waals surface area contributed by atoms with Crippen molar-refractivity contribution >= 4 is 40.0 Å². The number of H-pyrrole nitrogens is 1. The first-order chi connectivity index (χ1) is 20.1. The topological polar surface area (TPSA) is 160 Å². The zero-order chi connectivity index (χ0) is 32.8. The van der Waals surface area contributed by atoms with E-state index in [1.807, 2.05) is 46.2 Å². The normalized spacial score (nSPS) is 13.0. The second-order valence-electron chi connectivity index (χ2n) is 11.7. The minimum absolute atomic E-state index is 0.206. The molecule has 0 saturated carbocycles. The minimum Gasteiger partial charge on any atom is -0.461 e. The smallest absolute Gasteiger partial charge is 0.373 e. The summed E-state index contributed by atoms with van der Waals surface area (Å²) in [5.41, 5.74) is 5.59. The molecule has 0 radical (unpaired) electrons. The van der Waals surface area contributed by atoms with Crippen molar-refractivity contribution in [3.63, 3.8) is 0 Å². The highest BCUT2D eigenvalue weighted by atomic mass is 79.9. The van der Waals surface area contributed by atoms with E-state index in [0.29, 0.717) is 12.3 Å². The number of aromatic amines is 1. The van der Waals surface area contributed by atoms with E-state index in [2.05, 4.69) is 38.1 Å². The number of nitrogens with zero attached hydrogens (tertiary/aromatic N) is 3. The molecule has 0 fully saturated rings. The molecule has 4 rings (SSSR count). The van der Waals surface area contributed by atoms with Gasteiger partial charge in [-0.25, -0.2) is 4.79 Å². The number of carbonyl (C=O) groups is 3. The highest BCUT2D eigenvalue weighted by Gasteiger charge is 2.25. The van der Waals surface area contributed by atoms with Crippen LogP contribution in [0.4, 0.5) is 0 Å². The van der Waals surface area contributed by atoms with E-state index < -0.39 is 5.60 Å². The van der Waals surface area contributed by atoms with E-state index in [9.17, 15) is 14.4 Å². The van der Waals surface area contributed by atoms with Gasteiger partial charge in [0.25, 0.3) is 0 Å². The Morgan fingerprint density at radius 1 is 0.907 bits per heavy atom. The molecule has 0 aliphatic heterocycles. The highest BCUT2D eigenvalue weighted by molar-refractivity contribution is 9.09. The van der Waals surface area contributed by atoms with Crippen molar-refractivity contribution in [3.05, 3.63) is 33.9 Å². The van der Waals surface area contributed by atoms with Crippen LogP contribution in [0.5, 0.6) is 0 Å². The van der Waals surface area contributed by atoms with E-state index in [1.165, 1.54) is 17.7 Å². The molecule has 12 nitrogen and oxygen atoms in total. The maximum absolute atomic E-state index is 11.8. The molecule has 2 aromatic heterocycles. The van der Waals surface area contributed by atoms with Gasteiger partial charge in [0.2, 0.25) is 0 Å². The predicted molar refractivity (Wildman–Crippen MR) is 161 cm³/mol. The number of aromatic nitrogens is 4. The molecule has 2 aliphatic rings. The molecule has 0 unspecified atom stereocenters. The first-order valence-corrected chi connectivity index (χ1v) is 15.5. The maximum atomic E-state index is 11.8. The third-order valence-electron chi connectivity index (χ3n) is 5.93. The van der Waals surface area contributed by atoms with Gasteiger partial charge in [-0.05, 0) is 99.0 Å². The summed E-state index contributed by atoms with van der Waals surface area (Å²) in [6.07, 6.45) is 7.55. The molecule has 43 heavy (non-hydrogen) atoms. The monoisotopic (exact) mass is 668 g/mol. The van der Waals surface area contributed by atoms with Crippen molar-refractivity contribution in [1.82, 2.24) is 20.0 Å². The van der Waals surface area contributed by atoms with Gasteiger partial charge in [-0.3, -0.25) is 19.4 Å². The van der Waals surface area contributed by atoms with Gasteiger partial charge >= 0.3 is 24.1 Å². The Hall–Kier alpha value is -3.31. The number of rotatable bonds is 6. The van der Waals surface area contributed by atoms with Crippen LogP contribution in [0.25, 0.3) is 0 Å². The van der Waals surface area contributed by atoms with E-state index >= 15 is 0 Å². The highest BCUT2D eigenvalue weighted by Crippen LogP contribution is 2.26. The second-order valence-corrected chi connectivity index (χ2v) is 12.3. The summed E-state index contributed by atoms with van der Waals surface area (Å²) in [6, 6.07) is 0. The Labute approximate surface area is 261 Å². The Kier molecular flexibility index (Phi) is 15.5. The van der Waals surface area contributed by atoms with E-state index in [1.54, 1.807) is 6.92 Å². The van der Waals surface area contributed by atoms with Crippen LogP contribution < -0.4 is 0 Å². The average molecular weight is 670 g/mol. The Morgan fingerprint density at radius 2 is 1.47 bits per heavy atom. The van der Waals surface area contributed by atoms with Crippen molar-refractivity contribution in [2.45, 2.75) is 118 Å². The van der Waals surface area contributed by atoms with E-state index in [0.717, 1.165) is 55.5 Å². The van der Waals surface area contributed by atoms with Crippen LogP contribution in [0.15, 0.2) is 0 Å². The fraction of sp³-hybridized carbons (Fsp3) is 0.667. The molecule has 0 aromatic carbocycles. The molecular formula is C30H45BrN4O8. The van der Waals surface area contributed by atoms with Crippen LogP contribution in [0.2, 0.25) is 0 Å². The summed E-state index contributed by atoms with van der Waals surface area (Å²) >= 11 is 2.99. The van der Waals surface area contributed by atoms with Crippen LogP contribution in [-0.2, 0) is 72.0 Å². The number of aryl methyl sites for hydroxylation is 2. The fourth-order valence-corrected chi connectivity index (χ4v) is 4.67. The molecule has 2 aliphatic carbocycles. The van der Waals surface area contributed by atoms with Crippen molar-refractivity contribution in [3.8, 4) is 0 Å². The van der Waals surface area contributed by atoms with Gasteiger partial charge in [0, 0.05) is 17.0 Å². The fourth-order valence-electron chi connectivity index (χ4n) is 4.56. The molecule has 0 spiro atoms. The lowest BCUT2D eigenvalue weighted by molar-refractivity contribution is -0.191. The minimum atomic E-state index is -0.430. The van der Waals surface area contributed by atoms with Gasteiger partial charge in [0.15, 0.2) is 5.69 Å². The van der Waals surface area contributed by atoms with Crippen LogP contribution in [0, 0.1) is 0 Å². The van der Waals surface area contributed by atoms with E-state index in [4.69, 9.17) is 23.8 Å². The Morgan fingerprint density at radius 3 is 1.98 bits per heavy atom. The van der Waals surface area contributed by atoms with Gasteiger partial charge in [-0.15, -0.1) is 0 Å². The van der Waals surface area contributed by atoms with Crippen molar-refractivity contribution in [2.75, 3.05) is 11.9 Å². The van der Waals surface area contributed by atoms with Crippen molar-refractivity contribution in [2.24, 2.45) is 0 Å². The number of esters is 3. The van der Waals surface area contributed by atoms with Gasteiger partial charge < -0.3 is 14.2 Å². The third-order valence-corrected chi connectivity index (χ3v) is 6.39. The summed E-state index contributed by atoms with van der Waals surface area (Å²) in [6.45, 7) is 15.7. The first kappa shape index (κ1) is 37.7. The van der Waals surface area contributed by atoms with Gasteiger partial charge in [0.05, 0.1) is 12.3 Å². The number of fused-ring (bicyclic) bond motifs is 2. The lowest BCUT2D eigenvalue weighted by Gasteiger charge is -2.19. The molecule has 1 N–H and O–H groups in total. The molecule has 2 aromatic rings. The van der Waals surface area contributed by atoms with Crippen LogP contribution >= 0.6 is 15.9 Å². The SMILES string of the molecule is CC(C)(C)OC(=O)CBr.CCOC(=O)c1n[nH]c2c1CCC2.CCc1nn(CC(=O)OC(C)(C)C)c2c1CCC2.O=C=O. The molecule has 0 saturated heterocycles. The van der Waals surface area contributed by atoms with Crippen molar-refractivity contribution < 1.29 is 38.2 Å². The standard InChI is InChI=1S/C14H22N2O2.C9H12N2O2.C6H11BrO2.CO2/c1-5-11-10-7-6-8-12(10)16(15-11)9-13(17)18-14(2,3)4;1-2-13-9(12)8-6-4-3-5-7(6)10-11-8;1-6(2,3)9-5(8)4-7;2-1-3/h5-9H2,1-4H3;2-5H2,1H3,(H,10,11);4H2,1-3H3;. The van der Waals surface area contributed by atoms with E-state index in [-0.39, 0.29) is 41.5 Å². The Balaban J connectivity index is 0.000000325. The first-order valence-electron chi connectivity index (χ1n) is 14.4. The predicted octanol–water partition coefficient (Wildman–Crippen LogP) is 4.49. The molecule has 0 bridgehead atoms. The number of carbonyl (C=O) groups excluding carboxylic acids is 5. The van der Waals surface area contributed by atoms with Gasteiger partial charge in [0.1, 0.15) is 23.1 Å². The number of alkyl halides is 1. The van der Waals surface area contributed by atoms with Crippen LogP contribution in [-0.4, -0.2) is 67.2 Å². The Bertz CT molecular complexity index is 1250. The quantitative estimate of drug-likeness (QED) is 0.264. The molecule has 0 amide bonds. The summed E-state index contributed by atoms with van der Waals surface area (Å²) in [5.74, 6) is -0.730. The summed E-state index contributed by atoms with van der Waals surface area (Å²) in [7, 11) is 0. The number of hydrogen-bond acceptors (Lipinski definition) is 10. The second kappa shape index (κ2) is 17.7. The lowest BCUT2D eigenvalue weighted by Crippen LogP contribution is -2.27. The largest absolute Gasteiger partial charge is 0.461 e. The maximum Gasteiger partial charge on any atom is 0.373 e. The zero-order valence-electron chi connectivity index (χ0n) is 26.6. The average Bonchev–Trinajstić information content (AvgIpc) is 3.66. The summed E-state index contributed by atoms with van der Waals surface area (Å²) in [4.78, 5) is 50.0. The zero-order valence-corrected chi connectivity index (χ0v) is 28.1. The number of hydrogen-bond donors (Lipinski definition) is 1. The van der Waals surface area contributed by atoms with Crippen molar-refractivity contribution in [1.29, 1.82) is 0 Å². The lowest BCUT2D eigenvalue weighted by atomic mass is 10.2. The van der Waals surface area contributed by atoms with Crippen LogP contribution in [0.1, 0.15) is 107 Å². The summed E-state index contributed by atoms with van der Waals surface area (Å²) < 4.78 is 17.0. The molecule has 2 heterocycles. The third kappa shape index (κ3) is 13.3. The van der Waals surface area contributed by atoms with Gasteiger partial charge in [-0.1, -0.05) is 22.9 Å². The molecule has 240 valence electrons.